The van der Waals surface area contributed by atoms with Gasteiger partial charge in [-0.1, -0.05) is 71.0 Å². The first-order chi connectivity index (χ1) is 23.0. The van der Waals surface area contributed by atoms with Crippen LogP contribution in [0.5, 0.6) is 11.5 Å². The van der Waals surface area contributed by atoms with Crippen molar-refractivity contribution in [3.63, 3.8) is 0 Å². The molecule has 0 amide bonds. The highest BCUT2D eigenvalue weighted by atomic mass is 19.4. The van der Waals surface area contributed by atoms with Crippen LogP contribution in [0.4, 0.5) is 37.7 Å². The second kappa shape index (κ2) is 12.5. The number of hydrogen-bond acceptors (Lipinski definition) is 4. The molecule has 4 aromatic rings. The van der Waals surface area contributed by atoms with E-state index in [0.29, 0.717) is 5.92 Å². The molecule has 0 unspecified atom stereocenters. The van der Waals surface area contributed by atoms with E-state index < -0.39 is 28.9 Å². The summed E-state index contributed by atoms with van der Waals surface area (Å²) in [6, 6.07) is 21.6. The Morgan fingerprint density at radius 1 is 0.592 bits per heavy atom. The van der Waals surface area contributed by atoms with Gasteiger partial charge in [0.1, 0.15) is 11.5 Å². The maximum Gasteiger partial charge on any atom is 0.411 e. The molecular formula is C39H40F6N2O2. The van der Waals surface area contributed by atoms with Crippen molar-refractivity contribution < 1.29 is 35.8 Å². The SMILES string of the molecule is CC(C)Cc1ccc(N2COc3ccc(C(c4ccc5c(c4)CN(c4ccc(C(C)(C)C)cc4)CO5)(C(F)(F)F)C(F)(F)F)cc3C2)cc1. The first-order valence-corrected chi connectivity index (χ1v) is 16.3. The Balaban J connectivity index is 1.37. The standard InChI is InChI=1S/C39H40F6N2O2/c1-25(2)18-26-6-12-32(13-7-26)46-21-27-19-30(10-16-34(27)48-23-46)37(38(40,41)42,39(43,44)45)31-11-17-35-28(20-31)22-47(24-49-35)33-14-8-29(9-15-33)36(3,4)5/h6-17,19-20,25H,18,21-24H2,1-5H3. The Kier molecular flexibility index (Phi) is 8.82. The van der Waals surface area contributed by atoms with Crippen molar-refractivity contribution in [2.75, 3.05) is 23.3 Å². The lowest BCUT2D eigenvalue weighted by atomic mass is 9.72. The number of fused-ring (bicyclic) bond motifs is 2. The summed E-state index contributed by atoms with van der Waals surface area (Å²) in [5.41, 5.74) is -2.03. The van der Waals surface area contributed by atoms with Crippen molar-refractivity contribution in [3.8, 4) is 11.5 Å². The first-order valence-electron chi connectivity index (χ1n) is 16.3. The Morgan fingerprint density at radius 3 is 1.39 bits per heavy atom. The number of benzene rings is 4. The average molecular weight is 683 g/mol. The molecular weight excluding hydrogens is 642 g/mol. The third kappa shape index (κ3) is 6.54. The van der Waals surface area contributed by atoms with Crippen LogP contribution >= 0.6 is 0 Å². The minimum atomic E-state index is -5.73. The molecule has 10 heteroatoms. The number of alkyl halides is 6. The van der Waals surface area contributed by atoms with Crippen LogP contribution in [0.2, 0.25) is 0 Å². The quantitative estimate of drug-likeness (QED) is 0.189. The lowest BCUT2D eigenvalue weighted by Crippen LogP contribution is -2.55. The van der Waals surface area contributed by atoms with E-state index in [1.54, 1.807) is 9.80 Å². The van der Waals surface area contributed by atoms with E-state index in [1.165, 1.54) is 12.1 Å². The molecule has 0 radical (unpaired) electrons. The molecule has 6 rings (SSSR count). The van der Waals surface area contributed by atoms with Gasteiger partial charge in [-0.05, 0) is 88.5 Å². The second-order valence-corrected chi connectivity index (χ2v) is 14.4. The van der Waals surface area contributed by atoms with E-state index in [9.17, 15) is 0 Å². The van der Waals surface area contributed by atoms with Gasteiger partial charge in [-0.2, -0.15) is 26.3 Å². The molecule has 0 bridgehead atoms. The van der Waals surface area contributed by atoms with Crippen LogP contribution in [-0.4, -0.2) is 25.8 Å². The number of hydrogen-bond donors (Lipinski definition) is 0. The average Bonchev–Trinajstić information content (AvgIpc) is 3.03. The van der Waals surface area contributed by atoms with E-state index in [1.807, 2.05) is 48.5 Å². The summed E-state index contributed by atoms with van der Waals surface area (Å²) < 4.78 is 103. The molecule has 0 spiro atoms. The van der Waals surface area contributed by atoms with Crippen LogP contribution in [0, 0.1) is 5.92 Å². The summed E-state index contributed by atoms with van der Waals surface area (Å²) in [5, 5.41) is 0. The monoisotopic (exact) mass is 682 g/mol. The minimum absolute atomic E-state index is 0.0762. The Morgan fingerprint density at radius 2 is 1.00 bits per heavy atom. The number of rotatable bonds is 6. The fraction of sp³-hybridized carbons (Fsp3) is 0.385. The highest BCUT2D eigenvalue weighted by molar-refractivity contribution is 5.57. The number of ether oxygens (including phenoxy) is 2. The maximum absolute atomic E-state index is 15.2. The van der Waals surface area contributed by atoms with Crippen molar-refractivity contribution in [2.24, 2.45) is 5.92 Å². The van der Waals surface area contributed by atoms with Crippen LogP contribution in [0.25, 0.3) is 0 Å². The smallest absolute Gasteiger partial charge is 0.411 e. The highest BCUT2D eigenvalue weighted by Crippen LogP contribution is 2.57. The molecule has 4 nitrogen and oxygen atoms in total. The zero-order valence-electron chi connectivity index (χ0n) is 28.2. The van der Waals surface area contributed by atoms with Crippen LogP contribution in [0.3, 0.4) is 0 Å². The van der Waals surface area contributed by atoms with Crippen LogP contribution in [0.1, 0.15) is 68.0 Å². The summed E-state index contributed by atoms with van der Waals surface area (Å²) >= 11 is 0. The third-order valence-corrected chi connectivity index (χ3v) is 9.36. The van der Waals surface area contributed by atoms with E-state index in [4.69, 9.17) is 9.47 Å². The van der Waals surface area contributed by atoms with Crippen molar-refractivity contribution >= 4 is 11.4 Å². The molecule has 0 atom stereocenters. The summed E-state index contributed by atoms with van der Waals surface area (Å²) in [7, 11) is 0. The fourth-order valence-corrected chi connectivity index (χ4v) is 6.75. The van der Waals surface area contributed by atoms with Crippen molar-refractivity contribution in [1.82, 2.24) is 0 Å². The molecule has 2 heterocycles. The van der Waals surface area contributed by atoms with E-state index in [-0.39, 0.29) is 54.6 Å². The highest BCUT2D eigenvalue weighted by Gasteiger charge is 2.72. The van der Waals surface area contributed by atoms with Crippen LogP contribution in [0.15, 0.2) is 84.9 Å². The van der Waals surface area contributed by atoms with E-state index in [0.717, 1.165) is 53.2 Å². The van der Waals surface area contributed by atoms with Gasteiger partial charge >= 0.3 is 12.4 Å². The van der Waals surface area contributed by atoms with Crippen molar-refractivity contribution in [2.45, 2.75) is 77.3 Å². The molecule has 2 aliphatic rings. The molecule has 0 aliphatic carbocycles. The normalized spacial score (nSPS) is 15.4. The molecule has 4 aromatic carbocycles. The molecule has 0 fully saturated rings. The zero-order chi connectivity index (χ0) is 35.4. The molecule has 260 valence electrons. The van der Waals surface area contributed by atoms with Crippen LogP contribution < -0.4 is 19.3 Å². The van der Waals surface area contributed by atoms with Crippen molar-refractivity contribution in [1.29, 1.82) is 0 Å². The summed E-state index contributed by atoms with van der Waals surface area (Å²) in [4.78, 5) is 3.56. The van der Waals surface area contributed by atoms with E-state index >= 15 is 26.3 Å². The topological polar surface area (TPSA) is 24.9 Å². The summed E-state index contributed by atoms with van der Waals surface area (Å²) in [6.45, 7) is 10.8. The van der Waals surface area contributed by atoms with Gasteiger partial charge in [0.05, 0.1) is 0 Å². The molecule has 0 N–H and O–H groups in total. The Bertz CT molecular complexity index is 1780. The number of anilines is 2. The van der Waals surface area contributed by atoms with Crippen molar-refractivity contribution in [3.05, 3.63) is 118 Å². The first kappa shape index (κ1) is 34.5. The number of halogens is 6. The van der Waals surface area contributed by atoms with Gasteiger partial charge in [0.15, 0.2) is 13.5 Å². The molecule has 0 aromatic heterocycles. The fourth-order valence-electron chi connectivity index (χ4n) is 6.75. The predicted molar refractivity (Wildman–Crippen MR) is 179 cm³/mol. The summed E-state index contributed by atoms with van der Waals surface area (Å²) in [6.07, 6.45) is -10.6. The Labute approximate surface area is 283 Å². The van der Waals surface area contributed by atoms with Gasteiger partial charge in [0.25, 0.3) is 0 Å². The van der Waals surface area contributed by atoms with Gasteiger partial charge < -0.3 is 19.3 Å². The van der Waals surface area contributed by atoms with Gasteiger partial charge in [-0.15, -0.1) is 0 Å². The summed E-state index contributed by atoms with van der Waals surface area (Å²) in [5.74, 6) is 0.962. The lowest BCUT2D eigenvalue weighted by Gasteiger charge is -2.40. The minimum Gasteiger partial charge on any atom is -0.473 e. The number of nitrogens with zero attached hydrogens (tertiary/aromatic N) is 2. The molecule has 49 heavy (non-hydrogen) atoms. The third-order valence-electron chi connectivity index (χ3n) is 9.36. The van der Waals surface area contributed by atoms with Crippen LogP contribution in [-0.2, 0) is 30.3 Å². The lowest BCUT2D eigenvalue weighted by molar-refractivity contribution is -0.288. The maximum atomic E-state index is 15.2. The molecule has 2 aliphatic heterocycles. The largest absolute Gasteiger partial charge is 0.473 e. The Hall–Kier alpha value is -4.34. The molecule has 0 saturated heterocycles. The van der Waals surface area contributed by atoms with Gasteiger partial charge in [0.2, 0.25) is 5.41 Å². The van der Waals surface area contributed by atoms with Gasteiger partial charge in [-0.3, -0.25) is 0 Å². The predicted octanol–water partition coefficient (Wildman–Crippen LogP) is 10.3. The molecule has 0 saturated carbocycles. The second-order valence-electron chi connectivity index (χ2n) is 14.4. The van der Waals surface area contributed by atoms with Gasteiger partial charge in [0, 0.05) is 35.6 Å². The zero-order valence-corrected chi connectivity index (χ0v) is 28.2. The van der Waals surface area contributed by atoms with Gasteiger partial charge in [-0.25, -0.2) is 0 Å². The van der Waals surface area contributed by atoms with E-state index in [2.05, 4.69) is 34.6 Å².